The van der Waals surface area contributed by atoms with Crippen LogP contribution < -0.4 is 11.1 Å². The Bertz CT molecular complexity index is 575. The minimum Gasteiger partial charge on any atom is -0.391 e. The fraction of sp³-hybridized carbons (Fsp3) is 0.750. The molecule has 8 nitrogen and oxygen atoms in total. The lowest BCUT2D eigenvalue weighted by molar-refractivity contribution is -0.122. The first-order valence-corrected chi connectivity index (χ1v) is 10.9. The van der Waals surface area contributed by atoms with Gasteiger partial charge in [0.1, 0.15) is 0 Å². The van der Waals surface area contributed by atoms with Crippen molar-refractivity contribution in [1.29, 1.82) is 0 Å². The fourth-order valence-electron chi connectivity index (χ4n) is 3.32. The lowest BCUT2D eigenvalue weighted by atomic mass is 9.91. The second kappa shape index (κ2) is 9.48. The van der Waals surface area contributed by atoms with Crippen LogP contribution in [0.1, 0.15) is 37.8 Å². The van der Waals surface area contributed by atoms with Gasteiger partial charge in [0.2, 0.25) is 13.3 Å². The van der Waals surface area contributed by atoms with Gasteiger partial charge in [-0.05, 0) is 18.8 Å². The highest BCUT2D eigenvalue weighted by molar-refractivity contribution is 7.58. The van der Waals surface area contributed by atoms with Crippen LogP contribution in [0.3, 0.4) is 0 Å². The van der Waals surface area contributed by atoms with E-state index in [1.807, 2.05) is 0 Å². The lowest BCUT2D eigenvalue weighted by Gasteiger charge is -2.25. The second-order valence-electron chi connectivity index (χ2n) is 7.00. The average Bonchev–Trinajstić information content (AvgIpc) is 3.05. The Balaban J connectivity index is 1.70. The van der Waals surface area contributed by atoms with Crippen LogP contribution in [0.25, 0.3) is 0 Å². The highest BCUT2D eigenvalue weighted by Gasteiger charge is 2.28. The number of carbonyl (C=O) groups excluding carboxylic acids is 1. The molecule has 1 unspecified atom stereocenters. The van der Waals surface area contributed by atoms with Crippen molar-refractivity contribution < 1.29 is 19.4 Å². The predicted molar refractivity (Wildman–Crippen MR) is 95.4 cm³/mol. The van der Waals surface area contributed by atoms with E-state index in [2.05, 4.69) is 15.3 Å². The molecule has 0 aromatic carbocycles. The van der Waals surface area contributed by atoms with Crippen LogP contribution >= 0.6 is 7.37 Å². The number of nitrogens with zero attached hydrogens (tertiary/aromatic N) is 1. The van der Waals surface area contributed by atoms with Gasteiger partial charge in [-0.3, -0.25) is 9.36 Å². The van der Waals surface area contributed by atoms with Gasteiger partial charge in [-0.25, -0.2) is 4.98 Å². The maximum atomic E-state index is 12.3. The van der Waals surface area contributed by atoms with E-state index >= 15 is 0 Å². The van der Waals surface area contributed by atoms with E-state index < -0.39 is 25.4 Å². The molecule has 1 aromatic heterocycles. The molecule has 0 spiro atoms. The number of hydrogen-bond donors (Lipinski definition) is 5. The van der Waals surface area contributed by atoms with Gasteiger partial charge in [-0.15, -0.1) is 0 Å². The molecular formula is C16H29N4O4P. The first-order valence-electron chi connectivity index (χ1n) is 8.85. The van der Waals surface area contributed by atoms with Crippen LogP contribution in [0.5, 0.6) is 0 Å². The van der Waals surface area contributed by atoms with Crippen molar-refractivity contribution in [3.05, 3.63) is 18.2 Å². The van der Waals surface area contributed by atoms with Gasteiger partial charge in [-0.2, -0.15) is 0 Å². The molecule has 1 aliphatic carbocycles. The standard InChI is InChI=1S/C16H29N4O4P/c17-15(6-13-7-18-11-20-13)16(22)19-8-14(21)10-25(23,24)9-12-4-2-1-3-5-12/h7,11-12,14-15,21H,1-6,8-10,17H2,(H,18,20)(H,19,22)(H,23,24)/t14-,15-/m0/s1. The molecule has 142 valence electrons. The Morgan fingerprint density at radius 3 is 2.80 bits per heavy atom. The van der Waals surface area contributed by atoms with E-state index in [0.717, 1.165) is 31.4 Å². The molecule has 25 heavy (non-hydrogen) atoms. The summed E-state index contributed by atoms with van der Waals surface area (Å²) in [6.45, 7) is -0.0786. The number of rotatable bonds is 9. The molecule has 1 aromatic rings. The minimum absolute atomic E-state index is 0.0786. The number of amides is 1. The molecule has 1 amide bonds. The molecule has 3 atom stereocenters. The van der Waals surface area contributed by atoms with Gasteiger partial charge < -0.3 is 26.0 Å². The van der Waals surface area contributed by atoms with Crippen molar-refractivity contribution in [2.24, 2.45) is 11.7 Å². The van der Waals surface area contributed by atoms with Crippen molar-refractivity contribution in [1.82, 2.24) is 15.3 Å². The molecule has 0 radical (unpaired) electrons. The molecule has 0 bridgehead atoms. The fourth-order valence-corrected chi connectivity index (χ4v) is 5.43. The maximum Gasteiger partial charge on any atom is 0.237 e. The van der Waals surface area contributed by atoms with Crippen LogP contribution in [-0.4, -0.2) is 56.9 Å². The van der Waals surface area contributed by atoms with Gasteiger partial charge in [-0.1, -0.05) is 19.3 Å². The summed E-state index contributed by atoms with van der Waals surface area (Å²) in [6, 6.07) is -0.768. The van der Waals surface area contributed by atoms with Crippen molar-refractivity contribution in [2.45, 2.75) is 50.7 Å². The first-order chi connectivity index (χ1) is 11.9. The molecule has 2 rings (SSSR count). The summed E-state index contributed by atoms with van der Waals surface area (Å²) in [7, 11) is -3.39. The number of H-pyrrole nitrogens is 1. The zero-order chi connectivity index (χ0) is 18.3. The number of aliphatic hydroxyl groups excluding tert-OH is 1. The Kier molecular flexibility index (Phi) is 7.62. The molecule has 9 heteroatoms. The number of aromatic nitrogens is 2. The van der Waals surface area contributed by atoms with Gasteiger partial charge in [0.05, 0.1) is 24.6 Å². The van der Waals surface area contributed by atoms with Gasteiger partial charge in [0.15, 0.2) is 0 Å². The molecule has 1 saturated carbocycles. The number of nitrogens with two attached hydrogens (primary N) is 1. The third kappa shape index (κ3) is 7.28. The van der Waals surface area contributed by atoms with Crippen LogP contribution in [0, 0.1) is 5.92 Å². The number of carbonyl (C=O) groups is 1. The van der Waals surface area contributed by atoms with Gasteiger partial charge >= 0.3 is 0 Å². The van der Waals surface area contributed by atoms with Crippen molar-refractivity contribution in [2.75, 3.05) is 18.9 Å². The molecule has 0 saturated heterocycles. The third-order valence-electron chi connectivity index (χ3n) is 4.61. The topological polar surface area (TPSA) is 141 Å². The minimum atomic E-state index is -3.39. The highest BCUT2D eigenvalue weighted by atomic mass is 31.2. The maximum absolute atomic E-state index is 12.3. The summed E-state index contributed by atoms with van der Waals surface area (Å²) in [4.78, 5) is 28.8. The van der Waals surface area contributed by atoms with Crippen LogP contribution in [0.15, 0.2) is 12.5 Å². The molecule has 1 aliphatic rings. The van der Waals surface area contributed by atoms with Crippen LogP contribution in [0.4, 0.5) is 0 Å². The summed E-state index contributed by atoms with van der Waals surface area (Å²) in [6.07, 6.45) is 7.81. The molecule has 0 aliphatic heterocycles. The quantitative estimate of drug-likeness (QED) is 0.402. The normalized spacial score (nSPS) is 20.6. The number of imidazole rings is 1. The van der Waals surface area contributed by atoms with E-state index in [1.165, 1.54) is 12.7 Å². The van der Waals surface area contributed by atoms with E-state index in [0.29, 0.717) is 6.42 Å². The average molecular weight is 372 g/mol. The van der Waals surface area contributed by atoms with Crippen molar-refractivity contribution in [3.63, 3.8) is 0 Å². The number of aliphatic hydroxyl groups is 1. The smallest absolute Gasteiger partial charge is 0.237 e. The monoisotopic (exact) mass is 372 g/mol. The summed E-state index contributed by atoms with van der Waals surface area (Å²) in [5, 5.41) is 12.5. The Morgan fingerprint density at radius 1 is 1.44 bits per heavy atom. The number of aromatic amines is 1. The Labute approximate surface area is 148 Å². The van der Waals surface area contributed by atoms with Crippen molar-refractivity contribution in [3.8, 4) is 0 Å². The largest absolute Gasteiger partial charge is 0.391 e. The van der Waals surface area contributed by atoms with Crippen LogP contribution in [-0.2, 0) is 15.8 Å². The summed E-state index contributed by atoms with van der Waals surface area (Å²) >= 11 is 0. The number of hydrogen-bond acceptors (Lipinski definition) is 5. The highest BCUT2D eigenvalue weighted by Crippen LogP contribution is 2.45. The van der Waals surface area contributed by atoms with Crippen molar-refractivity contribution >= 4 is 13.3 Å². The van der Waals surface area contributed by atoms with E-state index in [-0.39, 0.29) is 24.8 Å². The Hall–Kier alpha value is -1.21. The zero-order valence-corrected chi connectivity index (χ0v) is 15.3. The lowest BCUT2D eigenvalue weighted by Crippen LogP contribution is -2.45. The Morgan fingerprint density at radius 2 is 2.16 bits per heavy atom. The van der Waals surface area contributed by atoms with E-state index in [4.69, 9.17) is 5.73 Å². The first kappa shape index (κ1) is 20.1. The third-order valence-corrected chi connectivity index (χ3v) is 6.69. The summed E-state index contributed by atoms with van der Waals surface area (Å²) < 4.78 is 12.3. The summed E-state index contributed by atoms with van der Waals surface area (Å²) in [5.74, 6) is -0.136. The molecular weight excluding hydrogens is 343 g/mol. The van der Waals surface area contributed by atoms with E-state index in [9.17, 15) is 19.4 Å². The van der Waals surface area contributed by atoms with Gasteiger partial charge in [0.25, 0.3) is 0 Å². The number of nitrogens with one attached hydrogen (secondary N) is 2. The molecule has 6 N–H and O–H groups in total. The molecule has 1 fully saturated rings. The SMILES string of the molecule is N[C@@H](Cc1cnc[nH]1)C(=O)NC[C@H](O)CP(=O)(O)CC1CCCCC1. The zero-order valence-electron chi connectivity index (χ0n) is 14.4. The van der Waals surface area contributed by atoms with Gasteiger partial charge in [0, 0.05) is 31.0 Å². The second-order valence-corrected chi connectivity index (χ2v) is 9.42. The summed E-state index contributed by atoms with van der Waals surface area (Å²) in [5.41, 5.74) is 6.55. The van der Waals surface area contributed by atoms with E-state index in [1.54, 1.807) is 6.20 Å². The molecule has 1 heterocycles. The van der Waals surface area contributed by atoms with Crippen LogP contribution in [0.2, 0.25) is 0 Å². The predicted octanol–water partition coefficient (Wildman–Crippen LogP) is 0.607.